The van der Waals surface area contributed by atoms with Crippen molar-refractivity contribution >= 4 is 16.0 Å². The van der Waals surface area contributed by atoms with Crippen molar-refractivity contribution in [2.24, 2.45) is 46.3 Å². The van der Waals surface area contributed by atoms with E-state index in [9.17, 15) is 23.4 Å². The molecule has 1 unspecified atom stereocenters. The van der Waals surface area contributed by atoms with Crippen LogP contribution >= 0.6 is 0 Å². The second kappa shape index (κ2) is 9.64. The quantitative estimate of drug-likeness (QED) is 0.398. The third kappa shape index (κ3) is 4.94. The van der Waals surface area contributed by atoms with Gasteiger partial charge in [0.05, 0.1) is 18.0 Å². The lowest BCUT2D eigenvalue weighted by atomic mass is 9.43. The summed E-state index contributed by atoms with van der Waals surface area (Å²) in [4.78, 5) is 12.2. The predicted molar refractivity (Wildman–Crippen MR) is 130 cm³/mol. The highest BCUT2D eigenvalue weighted by Crippen LogP contribution is 2.68. The van der Waals surface area contributed by atoms with Crippen LogP contribution in [0.2, 0.25) is 0 Å². The van der Waals surface area contributed by atoms with Crippen LogP contribution in [0.4, 0.5) is 0 Å². The summed E-state index contributed by atoms with van der Waals surface area (Å²) in [5.74, 6) is 2.10. The maximum Gasteiger partial charge on any atom is 0.266 e. The fraction of sp³-hybridized carbons (Fsp3) is 0.962. The van der Waals surface area contributed by atoms with E-state index in [0.29, 0.717) is 41.9 Å². The summed E-state index contributed by atoms with van der Waals surface area (Å²) >= 11 is 0. The summed E-state index contributed by atoms with van der Waals surface area (Å²) < 4.78 is 30.5. The van der Waals surface area contributed by atoms with E-state index in [0.717, 1.165) is 51.4 Å². The second-order valence-electron chi connectivity index (χ2n) is 12.6. The Morgan fingerprint density at radius 3 is 2.41 bits per heavy atom. The minimum Gasteiger partial charge on any atom is -0.393 e. The van der Waals surface area contributed by atoms with Crippen LogP contribution in [0.1, 0.15) is 85.0 Å². The van der Waals surface area contributed by atoms with Crippen molar-refractivity contribution in [1.29, 1.82) is 0 Å². The van der Waals surface area contributed by atoms with E-state index < -0.39 is 15.9 Å². The first-order valence-electron chi connectivity index (χ1n) is 13.4. The molecule has 34 heavy (non-hydrogen) atoms. The lowest BCUT2D eigenvalue weighted by molar-refractivity contribution is -0.174. The molecule has 0 saturated heterocycles. The van der Waals surface area contributed by atoms with Crippen LogP contribution in [0.5, 0.6) is 0 Å². The van der Waals surface area contributed by atoms with Crippen LogP contribution < -0.4 is 5.32 Å². The van der Waals surface area contributed by atoms with Gasteiger partial charge in [-0.2, -0.15) is 8.42 Å². The Kier molecular flexibility index (Phi) is 7.47. The Bertz CT molecular complexity index is 863. The number of hydrogen-bond acceptors (Lipinski definition) is 5. The Morgan fingerprint density at radius 1 is 1.03 bits per heavy atom. The van der Waals surface area contributed by atoms with Gasteiger partial charge in [-0.3, -0.25) is 9.35 Å². The number of hydrogen-bond donors (Lipinski definition) is 4. The molecule has 8 heteroatoms. The number of nitrogens with one attached hydrogen (secondary N) is 1. The molecule has 4 N–H and O–H groups in total. The maximum atomic E-state index is 12.2. The van der Waals surface area contributed by atoms with Crippen molar-refractivity contribution in [3.63, 3.8) is 0 Å². The minimum atomic E-state index is -4.06. The molecule has 7 nitrogen and oxygen atoms in total. The molecule has 4 rings (SSSR count). The van der Waals surface area contributed by atoms with Gasteiger partial charge in [0.2, 0.25) is 5.91 Å². The number of carbonyl (C=O) groups is 1. The van der Waals surface area contributed by atoms with E-state index in [-0.39, 0.29) is 35.5 Å². The van der Waals surface area contributed by atoms with Crippen molar-refractivity contribution in [3.05, 3.63) is 0 Å². The molecule has 0 aromatic carbocycles. The molecule has 0 aromatic rings. The van der Waals surface area contributed by atoms with Crippen molar-refractivity contribution < 1.29 is 28.0 Å². The van der Waals surface area contributed by atoms with E-state index >= 15 is 0 Å². The minimum absolute atomic E-state index is 0.0625. The highest BCUT2D eigenvalue weighted by atomic mass is 32.2. The molecule has 1 amide bonds. The van der Waals surface area contributed by atoms with Gasteiger partial charge in [-0.15, -0.1) is 0 Å². The van der Waals surface area contributed by atoms with Crippen LogP contribution in [0.3, 0.4) is 0 Å². The molecular formula is C26H45NO6S. The van der Waals surface area contributed by atoms with Crippen LogP contribution in [0.15, 0.2) is 0 Å². The van der Waals surface area contributed by atoms with E-state index in [1.807, 2.05) is 0 Å². The van der Waals surface area contributed by atoms with Gasteiger partial charge >= 0.3 is 0 Å². The Labute approximate surface area is 205 Å². The fourth-order valence-corrected chi connectivity index (χ4v) is 9.50. The molecular weight excluding hydrogens is 454 g/mol. The molecule has 0 radical (unpaired) electrons. The van der Waals surface area contributed by atoms with Crippen molar-refractivity contribution in [2.45, 2.75) is 97.2 Å². The average molecular weight is 500 g/mol. The number of carbonyl (C=O) groups excluding carboxylic acids is 1. The first-order valence-corrected chi connectivity index (χ1v) is 15.0. The monoisotopic (exact) mass is 499 g/mol. The summed E-state index contributed by atoms with van der Waals surface area (Å²) in [5.41, 5.74) is 0.411. The van der Waals surface area contributed by atoms with E-state index in [1.54, 1.807) is 0 Å². The van der Waals surface area contributed by atoms with Gasteiger partial charge in [0.25, 0.3) is 10.1 Å². The number of amides is 1. The van der Waals surface area contributed by atoms with Crippen LogP contribution in [0, 0.1) is 46.3 Å². The predicted octanol–water partition coefficient (Wildman–Crippen LogP) is 3.40. The molecule has 0 spiro atoms. The lowest BCUT2D eigenvalue weighted by Gasteiger charge is -2.62. The Hall–Kier alpha value is -0.700. The molecule has 0 aliphatic heterocycles. The average Bonchev–Trinajstić information content (AvgIpc) is 3.09. The van der Waals surface area contributed by atoms with Gasteiger partial charge in [0.1, 0.15) is 0 Å². The van der Waals surface area contributed by atoms with Crippen LogP contribution in [-0.4, -0.2) is 53.6 Å². The second-order valence-corrected chi connectivity index (χ2v) is 14.2. The molecule has 4 aliphatic carbocycles. The lowest BCUT2D eigenvalue weighted by Crippen LogP contribution is -2.58. The van der Waals surface area contributed by atoms with Gasteiger partial charge in [-0.25, -0.2) is 0 Å². The summed E-state index contributed by atoms with van der Waals surface area (Å²) in [6.45, 7) is 7.05. The van der Waals surface area contributed by atoms with Gasteiger partial charge < -0.3 is 15.5 Å². The number of rotatable bonds is 7. The Morgan fingerprint density at radius 2 is 1.71 bits per heavy atom. The van der Waals surface area contributed by atoms with Crippen molar-refractivity contribution in [2.75, 3.05) is 12.3 Å². The third-order valence-corrected chi connectivity index (χ3v) is 11.6. The summed E-state index contributed by atoms with van der Waals surface area (Å²) in [6.07, 6.45) is 8.87. The van der Waals surface area contributed by atoms with Gasteiger partial charge in [-0.1, -0.05) is 20.8 Å². The number of aliphatic hydroxyl groups excluding tert-OH is 2. The molecule has 10 atom stereocenters. The first kappa shape index (κ1) is 26.4. The zero-order valence-electron chi connectivity index (χ0n) is 21.1. The van der Waals surface area contributed by atoms with Gasteiger partial charge in [0.15, 0.2) is 0 Å². The first-order chi connectivity index (χ1) is 15.8. The Balaban J connectivity index is 1.39. The number of aliphatic hydroxyl groups is 2. The van der Waals surface area contributed by atoms with Gasteiger partial charge in [0, 0.05) is 13.0 Å². The van der Waals surface area contributed by atoms with Crippen LogP contribution in [-0.2, 0) is 14.9 Å². The highest BCUT2D eigenvalue weighted by molar-refractivity contribution is 7.85. The van der Waals surface area contributed by atoms with Crippen molar-refractivity contribution in [1.82, 2.24) is 5.32 Å². The van der Waals surface area contributed by atoms with E-state index in [4.69, 9.17) is 4.55 Å². The van der Waals surface area contributed by atoms with E-state index in [2.05, 4.69) is 26.1 Å². The SMILES string of the molecule is CC(CCC(=O)NCCS(=O)(=O)O)[C@H]1CC[C@H]2[C@@H]3[C@H](O)C[C@@H]4C[C@H](O)CC[C@]4(C)[C@H]3CC[C@]12C. The molecule has 4 fully saturated rings. The molecule has 4 aliphatic rings. The third-order valence-electron chi connectivity index (χ3n) is 10.9. The van der Waals surface area contributed by atoms with E-state index in [1.165, 1.54) is 6.42 Å². The summed E-state index contributed by atoms with van der Waals surface area (Å²) in [7, 11) is -4.06. The molecule has 4 saturated carbocycles. The summed E-state index contributed by atoms with van der Waals surface area (Å²) in [5, 5.41) is 24.2. The normalized spacial score (nSPS) is 45.1. The molecule has 0 aromatic heterocycles. The molecule has 0 heterocycles. The number of fused-ring (bicyclic) bond motifs is 5. The largest absolute Gasteiger partial charge is 0.393 e. The van der Waals surface area contributed by atoms with Gasteiger partial charge in [-0.05, 0) is 104 Å². The standard InChI is InChI=1S/C26H45NO6S/c1-16(4-7-23(30)27-12-13-34(31,32)33)19-5-6-20-24-21(9-11-26(19,20)3)25(2)10-8-18(28)14-17(25)15-22(24)29/h16-22,24,28-29H,4-15H2,1-3H3,(H,27,30)(H,31,32,33)/t16?,17-,18+,19+,20-,21-,22+,24-,25-,26+/m0/s1. The fourth-order valence-electron chi connectivity index (χ4n) is 9.14. The zero-order chi connectivity index (χ0) is 24.9. The highest BCUT2D eigenvalue weighted by Gasteiger charge is 2.62. The molecule has 196 valence electrons. The van der Waals surface area contributed by atoms with Crippen molar-refractivity contribution in [3.8, 4) is 0 Å². The maximum absolute atomic E-state index is 12.2. The molecule has 0 bridgehead atoms. The topological polar surface area (TPSA) is 124 Å². The van der Waals surface area contributed by atoms with Crippen LogP contribution in [0.25, 0.3) is 0 Å². The smallest absolute Gasteiger partial charge is 0.266 e. The summed E-state index contributed by atoms with van der Waals surface area (Å²) in [6, 6.07) is 0. The zero-order valence-corrected chi connectivity index (χ0v) is 21.9.